The van der Waals surface area contributed by atoms with Gasteiger partial charge in [-0.3, -0.25) is 9.59 Å². The van der Waals surface area contributed by atoms with Crippen LogP contribution in [0.4, 0.5) is 0 Å². The lowest BCUT2D eigenvalue weighted by Gasteiger charge is -1.90. The minimum Gasteiger partial charge on any atom is -0.469 e. The number of hydrogen-bond donors (Lipinski definition) is 0. The third kappa shape index (κ3) is 8.68. The summed E-state index contributed by atoms with van der Waals surface area (Å²) in [6, 6.07) is 10.3. The Bertz CT molecular complexity index is 304. The Labute approximate surface area is 90.1 Å². The Kier molecular flexibility index (Phi) is 6.89. The molecule has 0 aliphatic heterocycles. The number of esters is 1. The minimum absolute atomic E-state index is 0.115. The molecule has 0 aliphatic rings. The molecule has 0 heterocycles. The second kappa shape index (κ2) is 7.74. The van der Waals surface area contributed by atoms with E-state index in [0.717, 1.165) is 0 Å². The number of carbonyl (C=O) groups is 2. The normalized spacial score (nSPS) is 8.47. The molecule has 0 atom stereocenters. The summed E-state index contributed by atoms with van der Waals surface area (Å²) < 4.78 is 4.20. The van der Waals surface area contributed by atoms with E-state index in [4.69, 9.17) is 0 Å². The zero-order valence-corrected chi connectivity index (χ0v) is 9.32. The molecular formula is C12H16O3. The van der Waals surface area contributed by atoms with Crippen molar-refractivity contribution in [3.8, 4) is 0 Å². The number of methoxy groups -OCH3 is 1. The van der Waals surface area contributed by atoms with Crippen molar-refractivity contribution in [2.24, 2.45) is 0 Å². The van der Waals surface area contributed by atoms with E-state index >= 15 is 0 Å². The van der Waals surface area contributed by atoms with Crippen LogP contribution in [0.1, 0.15) is 18.9 Å². The average Bonchev–Trinajstić information content (AvgIpc) is 2.19. The molecule has 0 aromatic heterocycles. The van der Waals surface area contributed by atoms with Crippen molar-refractivity contribution >= 4 is 11.8 Å². The van der Waals surface area contributed by atoms with Gasteiger partial charge in [0.15, 0.2) is 0 Å². The van der Waals surface area contributed by atoms with E-state index in [1.54, 1.807) is 0 Å². The summed E-state index contributed by atoms with van der Waals surface area (Å²) in [7, 11) is 1.26. The van der Waals surface area contributed by atoms with Crippen molar-refractivity contribution < 1.29 is 14.3 Å². The number of rotatable bonds is 2. The molecule has 1 aromatic rings. The summed E-state index contributed by atoms with van der Waals surface area (Å²) >= 11 is 0. The number of aryl methyl sites for hydroxylation is 1. The molecule has 0 saturated heterocycles. The molecule has 0 saturated carbocycles. The van der Waals surface area contributed by atoms with Gasteiger partial charge in [0.05, 0.1) is 7.11 Å². The fraction of sp³-hybridized carbons (Fsp3) is 0.333. The van der Waals surface area contributed by atoms with Crippen molar-refractivity contribution in [3.63, 3.8) is 0 Å². The second-order valence-corrected chi connectivity index (χ2v) is 3.11. The molecule has 3 heteroatoms. The van der Waals surface area contributed by atoms with Crippen molar-refractivity contribution in [2.45, 2.75) is 20.3 Å². The highest BCUT2D eigenvalue weighted by Crippen LogP contribution is 1.92. The van der Waals surface area contributed by atoms with Crippen LogP contribution < -0.4 is 0 Å². The summed E-state index contributed by atoms with van der Waals surface area (Å²) in [5.74, 6) is -0.644. The highest BCUT2D eigenvalue weighted by Gasteiger charge is 2.01. The maximum Gasteiger partial charge on any atom is 0.313 e. The van der Waals surface area contributed by atoms with Crippen molar-refractivity contribution in [3.05, 3.63) is 35.9 Å². The van der Waals surface area contributed by atoms with Crippen LogP contribution in [0.5, 0.6) is 0 Å². The van der Waals surface area contributed by atoms with Crippen LogP contribution in [0.3, 0.4) is 0 Å². The highest BCUT2D eigenvalue weighted by molar-refractivity contribution is 5.93. The lowest BCUT2D eigenvalue weighted by molar-refractivity contribution is -0.142. The van der Waals surface area contributed by atoms with Crippen molar-refractivity contribution in [1.29, 1.82) is 0 Å². The van der Waals surface area contributed by atoms with Gasteiger partial charge in [0.2, 0.25) is 0 Å². The van der Waals surface area contributed by atoms with Crippen LogP contribution in [0.25, 0.3) is 0 Å². The lowest BCUT2D eigenvalue weighted by Crippen LogP contribution is -2.05. The summed E-state index contributed by atoms with van der Waals surface area (Å²) in [5, 5.41) is 0. The maximum atomic E-state index is 10.2. The van der Waals surface area contributed by atoms with E-state index in [2.05, 4.69) is 23.8 Å². The van der Waals surface area contributed by atoms with Crippen molar-refractivity contribution in [2.75, 3.05) is 7.11 Å². The summed E-state index contributed by atoms with van der Waals surface area (Å²) in [6.07, 6.45) is -0.115. The zero-order valence-electron chi connectivity index (χ0n) is 9.32. The molecule has 0 aliphatic carbocycles. The SMILES string of the molecule is COC(=O)CC(C)=O.Cc1ccccc1. The molecular weight excluding hydrogens is 192 g/mol. The van der Waals surface area contributed by atoms with Crippen molar-refractivity contribution in [1.82, 2.24) is 0 Å². The van der Waals surface area contributed by atoms with Crippen LogP contribution in [0, 0.1) is 6.92 Å². The van der Waals surface area contributed by atoms with E-state index in [1.165, 1.54) is 19.6 Å². The highest BCUT2D eigenvalue weighted by atomic mass is 16.5. The Morgan fingerprint density at radius 2 is 1.73 bits per heavy atom. The number of hydrogen-bond acceptors (Lipinski definition) is 3. The molecule has 0 fully saturated rings. The quantitative estimate of drug-likeness (QED) is 0.552. The Morgan fingerprint density at radius 3 is 1.93 bits per heavy atom. The molecule has 1 rings (SSSR count). The van der Waals surface area contributed by atoms with Gasteiger partial charge in [0.25, 0.3) is 0 Å². The van der Waals surface area contributed by atoms with Gasteiger partial charge in [-0.15, -0.1) is 0 Å². The molecule has 0 unspecified atom stereocenters. The van der Waals surface area contributed by atoms with Gasteiger partial charge >= 0.3 is 5.97 Å². The third-order valence-corrected chi connectivity index (χ3v) is 1.56. The first-order valence-corrected chi connectivity index (χ1v) is 4.64. The van der Waals surface area contributed by atoms with Gasteiger partial charge in [-0.1, -0.05) is 35.9 Å². The fourth-order valence-electron chi connectivity index (χ4n) is 0.810. The zero-order chi connectivity index (χ0) is 11.7. The van der Waals surface area contributed by atoms with E-state index in [1.807, 2.05) is 18.2 Å². The molecule has 0 spiro atoms. The Morgan fingerprint density at radius 1 is 1.20 bits per heavy atom. The monoisotopic (exact) mass is 208 g/mol. The van der Waals surface area contributed by atoms with E-state index in [9.17, 15) is 9.59 Å². The third-order valence-electron chi connectivity index (χ3n) is 1.56. The molecule has 0 N–H and O–H groups in total. The average molecular weight is 208 g/mol. The standard InChI is InChI=1S/C7H8.C5H8O3/c1-7-5-3-2-4-6-7;1-4(6)3-5(7)8-2/h2-6H,1H3;3H2,1-2H3. The number of carbonyl (C=O) groups excluding carboxylic acids is 2. The predicted octanol–water partition coefficient (Wildman–Crippen LogP) is 2.13. The topological polar surface area (TPSA) is 43.4 Å². The Balaban J connectivity index is 0.000000262. The van der Waals surface area contributed by atoms with Gasteiger partial charge in [0.1, 0.15) is 12.2 Å². The van der Waals surface area contributed by atoms with Crippen LogP contribution in [-0.4, -0.2) is 18.9 Å². The smallest absolute Gasteiger partial charge is 0.313 e. The summed E-state index contributed by atoms with van der Waals surface area (Å²) in [6.45, 7) is 3.43. The first-order chi connectivity index (χ1) is 7.06. The molecule has 0 amide bonds. The van der Waals surface area contributed by atoms with Gasteiger partial charge in [-0.2, -0.15) is 0 Å². The molecule has 0 bridgehead atoms. The van der Waals surface area contributed by atoms with Crippen LogP contribution in [-0.2, 0) is 14.3 Å². The maximum absolute atomic E-state index is 10.2. The summed E-state index contributed by atoms with van der Waals surface area (Å²) in [4.78, 5) is 20.3. The second-order valence-electron chi connectivity index (χ2n) is 3.11. The molecule has 1 aromatic carbocycles. The van der Waals surface area contributed by atoms with E-state index in [0.29, 0.717) is 0 Å². The molecule has 82 valence electrons. The minimum atomic E-state index is -0.475. The number of benzene rings is 1. The van der Waals surface area contributed by atoms with Crippen LogP contribution in [0.15, 0.2) is 30.3 Å². The van der Waals surface area contributed by atoms with Gasteiger partial charge in [-0.05, 0) is 13.8 Å². The summed E-state index contributed by atoms with van der Waals surface area (Å²) in [5.41, 5.74) is 1.32. The fourth-order valence-corrected chi connectivity index (χ4v) is 0.810. The first-order valence-electron chi connectivity index (χ1n) is 4.64. The number of ketones is 1. The predicted molar refractivity (Wildman–Crippen MR) is 58.5 cm³/mol. The molecule has 15 heavy (non-hydrogen) atoms. The number of ether oxygens (including phenoxy) is 1. The Hall–Kier alpha value is -1.64. The van der Waals surface area contributed by atoms with Gasteiger partial charge in [-0.25, -0.2) is 0 Å². The van der Waals surface area contributed by atoms with Gasteiger partial charge in [0, 0.05) is 0 Å². The number of Topliss-reactive ketones (excluding diaryl/α,β-unsaturated/α-hetero) is 1. The van der Waals surface area contributed by atoms with Crippen LogP contribution in [0.2, 0.25) is 0 Å². The molecule has 3 nitrogen and oxygen atoms in total. The first kappa shape index (κ1) is 13.4. The lowest BCUT2D eigenvalue weighted by atomic mass is 10.2. The van der Waals surface area contributed by atoms with E-state index < -0.39 is 5.97 Å². The largest absolute Gasteiger partial charge is 0.469 e. The van der Waals surface area contributed by atoms with E-state index in [-0.39, 0.29) is 12.2 Å². The van der Waals surface area contributed by atoms with Gasteiger partial charge < -0.3 is 4.74 Å². The molecule has 0 radical (unpaired) electrons. The van der Waals surface area contributed by atoms with Crippen LogP contribution >= 0.6 is 0 Å².